The first-order valence-electron chi connectivity index (χ1n) is 4.98. The average molecular weight is 264 g/mol. The van der Waals surface area contributed by atoms with Gasteiger partial charge < -0.3 is 0 Å². The Morgan fingerprint density at radius 3 is 2.80 bits per heavy atom. The third-order valence-corrected chi connectivity index (χ3v) is 3.94. The van der Waals surface area contributed by atoms with Crippen molar-refractivity contribution in [2.45, 2.75) is 30.5 Å². The van der Waals surface area contributed by atoms with Crippen LogP contribution >= 0.6 is 35.0 Å². The summed E-state index contributed by atoms with van der Waals surface area (Å²) < 4.78 is 0. The van der Waals surface area contributed by atoms with E-state index in [1.165, 1.54) is 10.5 Å². The lowest BCUT2D eigenvalue weighted by molar-refractivity contribution is 0.902. The standard InChI is InChI=1S/C11H15Cl2NS/c1-9-10(8-13)14-6-4-11(9)15-7-3-2-5-12/h4,6H,2-3,5,7-8H2,1H3. The van der Waals surface area contributed by atoms with Crippen LogP contribution in [0.2, 0.25) is 0 Å². The Morgan fingerprint density at radius 2 is 2.13 bits per heavy atom. The number of hydrogen-bond donors (Lipinski definition) is 0. The zero-order valence-corrected chi connectivity index (χ0v) is 11.1. The zero-order chi connectivity index (χ0) is 11.1. The van der Waals surface area contributed by atoms with E-state index >= 15 is 0 Å². The SMILES string of the molecule is Cc1c(SCCCCCl)ccnc1CCl. The summed E-state index contributed by atoms with van der Waals surface area (Å²) in [5.74, 6) is 2.35. The van der Waals surface area contributed by atoms with E-state index in [1.54, 1.807) is 0 Å². The van der Waals surface area contributed by atoms with Gasteiger partial charge in [0.2, 0.25) is 0 Å². The summed E-state index contributed by atoms with van der Waals surface area (Å²) in [4.78, 5) is 5.52. The van der Waals surface area contributed by atoms with Crippen LogP contribution in [0.4, 0.5) is 0 Å². The fourth-order valence-electron chi connectivity index (χ4n) is 1.23. The monoisotopic (exact) mass is 263 g/mol. The van der Waals surface area contributed by atoms with Gasteiger partial charge in [0.15, 0.2) is 0 Å². The van der Waals surface area contributed by atoms with Crippen LogP contribution in [0.15, 0.2) is 17.2 Å². The maximum atomic E-state index is 5.80. The van der Waals surface area contributed by atoms with E-state index < -0.39 is 0 Å². The predicted octanol–water partition coefficient (Wildman–Crippen LogP) is 4.24. The minimum absolute atomic E-state index is 0.488. The van der Waals surface area contributed by atoms with Crippen LogP contribution in [0, 0.1) is 6.92 Å². The van der Waals surface area contributed by atoms with Gasteiger partial charge >= 0.3 is 0 Å². The van der Waals surface area contributed by atoms with Crippen molar-refractivity contribution >= 4 is 35.0 Å². The van der Waals surface area contributed by atoms with Gasteiger partial charge in [-0.2, -0.15) is 0 Å². The topological polar surface area (TPSA) is 12.9 Å². The molecule has 1 aromatic rings. The Morgan fingerprint density at radius 1 is 1.33 bits per heavy atom. The van der Waals surface area contributed by atoms with Gasteiger partial charge in [-0.25, -0.2) is 0 Å². The number of unbranched alkanes of at least 4 members (excludes halogenated alkanes) is 1. The van der Waals surface area contributed by atoms with E-state index in [9.17, 15) is 0 Å². The summed E-state index contributed by atoms with van der Waals surface area (Å²) in [5, 5.41) is 0. The molecule has 0 aromatic carbocycles. The van der Waals surface area contributed by atoms with Crippen LogP contribution in [0.5, 0.6) is 0 Å². The largest absolute Gasteiger partial charge is 0.260 e. The highest BCUT2D eigenvalue weighted by Gasteiger charge is 2.04. The van der Waals surface area contributed by atoms with Crippen molar-refractivity contribution in [1.29, 1.82) is 0 Å². The molecule has 0 amide bonds. The first-order valence-corrected chi connectivity index (χ1v) is 7.04. The van der Waals surface area contributed by atoms with E-state index in [2.05, 4.69) is 18.0 Å². The molecule has 0 bridgehead atoms. The fourth-order valence-corrected chi connectivity index (χ4v) is 2.75. The molecular formula is C11H15Cl2NS. The predicted molar refractivity (Wildman–Crippen MR) is 69.2 cm³/mol. The molecule has 4 heteroatoms. The van der Waals surface area contributed by atoms with Crippen molar-refractivity contribution in [3.8, 4) is 0 Å². The molecule has 0 unspecified atom stereocenters. The van der Waals surface area contributed by atoms with Gasteiger partial charge in [-0.05, 0) is 37.1 Å². The number of hydrogen-bond acceptors (Lipinski definition) is 2. The molecule has 84 valence electrons. The van der Waals surface area contributed by atoms with Crippen molar-refractivity contribution in [2.24, 2.45) is 0 Å². The molecule has 0 radical (unpaired) electrons. The number of rotatable bonds is 6. The van der Waals surface area contributed by atoms with Crippen LogP contribution in [0.3, 0.4) is 0 Å². The van der Waals surface area contributed by atoms with Gasteiger partial charge in [0.05, 0.1) is 11.6 Å². The quantitative estimate of drug-likeness (QED) is 0.433. The molecule has 0 aliphatic heterocycles. The van der Waals surface area contributed by atoms with E-state index in [1.807, 2.05) is 18.0 Å². The molecule has 0 atom stereocenters. The summed E-state index contributed by atoms with van der Waals surface area (Å²) >= 11 is 13.3. The molecule has 1 heterocycles. The third-order valence-electron chi connectivity index (χ3n) is 2.17. The number of aromatic nitrogens is 1. The highest BCUT2D eigenvalue weighted by molar-refractivity contribution is 7.99. The van der Waals surface area contributed by atoms with Crippen molar-refractivity contribution in [2.75, 3.05) is 11.6 Å². The summed E-state index contributed by atoms with van der Waals surface area (Å²) in [6.45, 7) is 2.08. The number of pyridine rings is 1. The first kappa shape index (κ1) is 13.1. The van der Waals surface area contributed by atoms with Crippen LogP contribution in [0.25, 0.3) is 0 Å². The van der Waals surface area contributed by atoms with E-state index in [4.69, 9.17) is 23.2 Å². The molecule has 0 fully saturated rings. The minimum atomic E-state index is 0.488. The number of thioether (sulfide) groups is 1. The Balaban J connectivity index is 2.53. The van der Waals surface area contributed by atoms with Gasteiger partial charge in [0.1, 0.15) is 0 Å². The molecule has 0 aliphatic carbocycles. The molecule has 0 saturated carbocycles. The lowest BCUT2D eigenvalue weighted by atomic mass is 10.2. The Bertz CT molecular complexity index is 305. The van der Waals surface area contributed by atoms with Crippen molar-refractivity contribution in [3.63, 3.8) is 0 Å². The second kappa shape index (κ2) is 7.37. The second-order valence-electron chi connectivity index (χ2n) is 3.26. The molecule has 0 saturated heterocycles. The summed E-state index contributed by atoms with van der Waals surface area (Å²) in [6, 6.07) is 2.05. The van der Waals surface area contributed by atoms with Gasteiger partial charge in [0, 0.05) is 17.0 Å². The molecule has 0 aliphatic rings. The molecule has 0 N–H and O–H groups in total. The van der Waals surface area contributed by atoms with Crippen LogP contribution in [-0.2, 0) is 5.88 Å². The number of nitrogens with zero attached hydrogens (tertiary/aromatic N) is 1. The summed E-state index contributed by atoms with van der Waals surface area (Å²) in [6.07, 6.45) is 4.07. The average Bonchev–Trinajstić information content (AvgIpc) is 2.26. The molecule has 0 spiro atoms. The number of alkyl halides is 2. The maximum Gasteiger partial charge on any atom is 0.0650 e. The van der Waals surface area contributed by atoms with Gasteiger partial charge in [-0.1, -0.05) is 0 Å². The van der Waals surface area contributed by atoms with Crippen molar-refractivity contribution < 1.29 is 0 Å². The molecule has 1 aromatic heterocycles. The van der Waals surface area contributed by atoms with Crippen LogP contribution < -0.4 is 0 Å². The second-order valence-corrected chi connectivity index (χ2v) is 5.04. The first-order chi connectivity index (χ1) is 7.29. The smallest absolute Gasteiger partial charge is 0.0650 e. The Hall–Kier alpha value is 0.0800. The molecule has 15 heavy (non-hydrogen) atoms. The van der Waals surface area contributed by atoms with E-state index in [0.29, 0.717) is 5.88 Å². The molecular weight excluding hydrogens is 249 g/mol. The highest BCUT2D eigenvalue weighted by atomic mass is 35.5. The van der Waals surface area contributed by atoms with Gasteiger partial charge in [-0.3, -0.25) is 4.98 Å². The van der Waals surface area contributed by atoms with Crippen LogP contribution in [0.1, 0.15) is 24.1 Å². The van der Waals surface area contributed by atoms with Gasteiger partial charge in [0.25, 0.3) is 0 Å². The van der Waals surface area contributed by atoms with Gasteiger partial charge in [-0.15, -0.1) is 35.0 Å². The number of halogens is 2. The van der Waals surface area contributed by atoms with Crippen molar-refractivity contribution in [1.82, 2.24) is 4.98 Å². The highest BCUT2D eigenvalue weighted by Crippen LogP contribution is 2.25. The fraction of sp³-hybridized carbons (Fsp3) is 0.545. The van der Waals surface area contributed by atoms with Crippen LogP contribution in [-0.4, -0.2) is 16.6 Å². The minimum Gasteiger partial charge on any atom is -0.260 e. The lowest BCUT2D eigenvalue weighted by Gasteiger charge is -2.07. The zero-order valence-electron chi connectivity index (χ0n) is 8.80. The third kappa shape index (κ3) is 4.21. The normalized spacial score (nSPS) is 10.6. The molecule has 1 rings (SSSR count). The summed E-state index contributed by atoms with van der Waals surface area (Å²) in [7, 11) is 0. The van der Waals surface area contributed by atoms with E-state index in [-0.39, 0.29) is 0 Å². The maximum absolute atomic E-state index is 5.80. The molecule has 1 nitrogen and oxygen atoms in total. The van der Waals surface area contributed by atoms with Crippen molar-refractivity contribution in [3.05, 3.63) is 23.5 Å². The lowest BCUT2D eigenvalue weighted by Crippen LogP contribution is -1.93. The Kier molecular flexibility index (Phi) is 6.46. The van der Waals surface area contributed by atoms with E-state index in [0.717, 1.165) is 30.2 Å². The summed E-state index contributed by atoms with van der Waals surface area (Å²) in [5.41, 5.74) is 2.20. The Labute approximate surface area is 106 Å².